The van der Waals surface area contributed by atoms with Crippen molar-refractivity contribution in [3.63, 3.8) is 0 Å². The average Bonchev–Trinajstić information content (AvgIpc) is 2.53. The first-order chi connectivity index (χ1) is 11.8. The zero-order valence-electron chi connectivity index (χ0n) is 16.0. The quantitative estimate of drug-likeness (QED) is 0.551. The number of rotatable bonds is 10. The van der Waals surface area contributed by atoms with Crippen molar-refractivity contribution < 1.29 is 28.8 Å². The molecular weight excluding hydrogens is 328 g/mol. The molecule has 1 aliphatic rings. The number of hydrogen-bond donors (Lipinski definition) is 2. The van der Waals surface area contributed by atoms with E-state index in [1.165, 1.54) is 0 Å². The molecule has 0 aliphatic carbocycles. The predicted molar refractivity (Wildman–Crippen MR) is 93.7 cm³/mol. The molecule has 148 valence electrons. The number of piperazine rings is 1. The molecule has 8 nitrogen and oxygen atoms in total. The Bertz CT molecular complexity index is 375. The molecule has 8 heteroatoms. The lowest BCUT2D eigenvalue weighted by Crippen LogP contribution is -2.59. The highest BCUT2D eigenvalue weighted by molar-refractivity contribution is 5.68. The Kier molecular flexibility index (Phi) is 10.3. The smallest absolute Gasteiger partial charge is 0.410 e. The summed E-state index contributed by atoms with van der Waals surface area (Å²) in [5.41, 5.74) is -0.494. The van der Waals surface area contributed by atoms with Crippen molar-refractivity contribution in [1.29, 1.82) is 0 Å². The number of carbonyl (C=O) groups excluding carboxylic acids is 1. The van der Waals surface area contributed by atoms with Crippen molar-refractivity contribution in [3.8, 4) is 0 Å². The summed E-state index contributed by atoms with van der Waals surface area (Å²) < 4.78 is 21.5. The lowest BCUT2D eigenvalue weighted by molar-refractivity contribution is -0.00963. The van der Waals surface area contributed by atoms with Crippen LogP contribution in [-0.2, 0) is 18.9 Å². The number of ether oxygens (including phenoxy) is 4. The van der Waals surface area contributed by atoms with Gasteiger partial charge in [-0.05, 0) is 27.7 Å². The Labute approximate surface area is 150 Å². The number of hydrogen-bond acceptors (Lipinski definition) is 7. The highest BCUT2D eigenvalue weighted by atomic mass is 16.6. The molecule has 2 N–H and O–H groups in total. The molecule has 0 aromatic rings. The van der Waals surface area contributed by atoms with Crippen LogP contribution in [0.3, 0.4) is 0 Å². The topological polar surface area (TPSA) is 89.5 Å². The van der Waals surface area contributed by atoms with Gasteiger partial charge in [-0.1, -0.05) is 0 Å². The summed E-state index contributed by atoms with van der Waals surface area (Å²) >= 11 is 0. The molecule has 25 heavy (non-hydrogen) atoms. The average molecular weight is 362 g/mol. The Hall–Kier alpha value is -0.930. The third kappa shape index (κ3) is 9.96. The van der Waals surface area contributed by atoms with Crippen molar-refractivity contribution in [1.82, 2.24) is 10.2 Å². The maximum absolute atomic E-state index is 12.3. The van der Waals surface area contributed by atoms with Crippen LogP contribution >= 0.6 is 0 Å². The van der Waals surface area contributed by atoms with E-state index < -0.39 is 5.60 Å². The molecule has 0 unspecified atom stereocenters. The summed E-state index contributed by atoms with van der Waals surface area (Å²) in [4.78, 5) is 14.0. The number of aliphatic hydroxyl groups is 1. The van der Waals surface area contributed by atoms with Gasteiger partial charge in [-0.3, -0.25) is 0 Å². The van der Waals surface area contributed by atoms with Gasteiger partial charge >= 0.3 is 6.09 Å². The fourth-order valence-electron chi connectivity index (χ4n) is 2.35. The molecule has 1 aliphatic heterocycles. The maximum atomic E-state index is 12.3. The third-order valence-electron chi connectivity index (χ3n) is 3.58. The largest absolute Gasteiger partial charge is 0.444 e. The normalized spacial score (nSPS) is 21.4. The zero-order chi connectivity index (χ0) is 18.7. The van der Waals surface area contributed by atoms with E-state index in [2.05, 4.69) is 5.32 Å². The minimum atomic E-state index is -0.494. The van der Waals surface area contributed by atoms with E-state index in [4.69, 9.17) is 24.1 Å². The van der Waals surface area contributed by atoms with Crippen LogP contribution in [-0.4, -0.2) is 93.1 Å². The van der Waals surface area contributed by atoms with Gasteiger partial charge in [-0.2, -0.15) is 0 Å². The van der Waals surface area contributed by atoms with Gasteiger partial charge < -0.3 is 34.3 Å². The van der Waals surface area contributed by atoms with E-state index >= 15 is 0 Å². The van der Waals surface area contributed by atoms with Gasteiger partial charge in [0.05, 0.1) is 46.2 Å². The number of aliphatic hydroxyl groups excluding tert-OH is 1. The molecule has 0 aromatic heterocycles. The lowest BCUT2D eigenvalue weighted by Gasteiger charge is -2.39. The second-order valence-electron chi connectivity index (χ2n) is 7.11. The fraction of sp³-hybridized carbons (Fsp3) is 0.941. The van der Waals surface area contributed by atoms with Gasteiger partial charge in [-0.15, -0.1) is 0 Å². The monoisotopic (exact) mass is 362 g/mol. The molecule has 0 spiro atoms. The molecule has 1 fully saturated rings. The molecule has 1 rings (SSSR count). The molecule has 1 amide bonds. The second kappa shape index (κ2) is 11.6. The number of carbonyl (C=O) groups is 1. The Morgan fingerprint density at radius 2 is 1.72 bits per heavy atom. The van der Waals surface area contributed by atoms with Crippen LogP contribution in [0.2, 0.25) is 0 Å². The fourth-order valence-corrected chi connectivity index (χ4v) is 2.35. The summed E-state index contributed by atoms with van der Waals surface area (Å²) in [5, 5.41) is 11.9. The molecular formula is C17H34N2O6. The first kappa shape index (κ1) is 22.1. The van der Waals surface area contributed by atoms with Gasteiger partial charge in [-0.25, -0.2) is 4.79 Å². The molecule has 0 aromatic carbocycles. The number of nitrogens with zero attached hydrogens (tertiary/aromatic N) is 1. The maximum Gasteiger partial charge on any atom is 0.410 e. The minimum absolute atomic E-state index is 0.0242. The Morgan fingerprint density at radius 3 is 2.32 bits per heavy atom. The predicted octanol–water partition coefficient (Wildman–Crippen LogP) is 0.626. The van der Waals surface area contributed by atoms with Crippen LogP contribution in [0.15, 0.2) is 0 Å². The van der Waals surface area contributed by atoms with E-state index in [1.54, 1.807) is 4.90 Å². The molecule has 1 saturated heterocycles. The van der Waals surface area contributed by atoms with Gasteiger partial charge in [0.15, 0.2) is 0 Å². The van der Waals surface area contributed by atoms with Crippen molar-refractivity contribution in [2.24, 2.45) is 0 Å². The molecule has 1 heterocycles. The summed E-state index contributed by atoms with van der Waals surface area (Å²) in [6.45, 7) is 11.7. The van der Waals surface area contributed by atoms with Crippen LogP contribution in [0.5, 0.6) is 0 Å². The van der Waals surface area contributed by atoms with Gasteiger partial charge in [0.1, 0.15) is 5.60 Å². The summed E-state index contributed by atoms with van der Waals surface area (Å²) in [6, 6.07) is 0.171. The summed E-state index contributed by atoms with van der Waals surface area (Å²) in [6.07, 6.45) is -0.280. The summed E-state index contributed by atoms with van der Waals surface area (Å²) in [5.74, 6) is 0. The van der Waals surface area contributed by atoms with Gasteiger partial charge in [0.2, 0.25) is 0 Å². The SMILES string of the molecule is C[C@@H]1CN[C@@H](COCCOCCOCCO)CN1C(=O)OC(C)(C)C. The summed E-state index contributed by atoms with van der Waals surface area (Å²) in [7, 11) is 0. The minimum Gasteiger partial charge on any atom is -0.444 e. The van der Waals surface area contributed by atoms with Gasteiger partial charge in [0.25, 0.3) is 0 Å². The number of amides is 1. The van der Waals surface area contributed by atoms with E-state index in [-0.39, 0.29) is 24.8 Å². The van der Waals surface area contributed by atoms with E-state index in [0.717, 1.165) is 0 Å². The molecule has 2 atom stereocenters. The van der Waals surface area contributed by atoms with Crippen molar-refractivity contribution in [3.05, 3.63) is 0 Å². The number of nitrogens with one attached hydrogen (secondary N) is 1. The van der Waals surface area contributed by atoms with Crippen molar-refractivity contribution >= 4 is 6.09 Å². The Morgan fingerprint density at radius 1 is 1.12 bits per heavy atom. The third-order valence-corrected chi connectivity index (χ3v) is 3.58. The van der Waals surface area contributed by atoms with E-state index in [0.29, 0.717) is 52.7 Å². The van der Waals surface area contributed by atoms with Crippen molar-refractivity contribution in [2.75, 3.05) is 59.3 Å². The second-order valence-corrected chi connectivity index (χ2v) is 7.11. The molecule has 0 bridgehead atoms. The first-order valence-corrected chi connectivity index (χ1v) is 8.90. The Balaban J connectivity index is 2.17. The standard InChI is InChI=1S/C17H34N2O6/c1-14-11-18-15(12-19(14)16(21)25-17(2,3)4)13-24-10-9-23-8-7-22-6-5-20/h14-15,18,20H,5-13H2,1-4H3/t14-,15-/m1/s1. The van der Waals surface area contributed by atoms with E-state index in [1.807, 2.05) is 27.7 Å². The van der Waals surface area contributed by atoms with E-state index in [9.17, 15) is 4.79 Å². The lowest BCUT2D eigenvalue weighted by atomic mass is 10.1. The first-order valence-electron chi connectivity index (χ1n) is 8.90. The van der Waals surface area contributed by atoms with Crippen LogP contribution in [0.25, 0.3) is 0 Å². The van der Waals surface area contributed by atoms with Crippen LogP contribution in [0.1, 0.15) is 27.7 Å². The highest BCUT2D eigenvalue weighted by Crippen LogP contribution is 2.14. The van der Waals surface area contributed by atoms with Crippen LogP contribution in [0.4, 0.5) is 4.79 Å². The zero-order valence-corrected chi connectivity index (χ0v) is 16.0. The van der Waals surface area contributed by atoms with Gasteiger partial charge in [0, 0.05) is 25.2 Å². The highest BCUT2D eigenvalue weighted by Gasteiger charge is 2.31. The molecule has 0 saturated carbocycles. The van der Waals surface area contributed by atoms with Crippen molar-refractivity contribution in [2.45, 2.75) is 45.4 Å². The van der Waals surface area contributed by atoms with Crippen LogP contribution in [0, 0.1) is 0 Å². The molecule has 0 radical (unpaired) electrons. The van der Waals surface area contributed by atoms with Crippen LogP contribution < -0.4 is 5.32 Å².